The first kappa shape index (κ1) is 20.6. The number of carbonyl (C=O) groups is 1. The molecule has 4 aromatic rings. The molecule has 0 saturated heterocycles. The highest BCUT2D eigenvalue weighted by molar-refractivity contribution is 6.06. The number of H-pyrrole nitrogens is 1. The van der Waals surface area contributed by atoms with Crippen LogP contribution in [0.4, 0.5) is 0 Å². The molecule has 0 aliphatic heterocycles. The summed E-state index contributed by atoms with van der Waals surface area (Å²) in [5.74, 6) is 0.532. The largest absolute Gasteiger partial charge is 0.497 e. The average molecular weight is 420 g/mol. The number of carbonyl (C=O) groups excluding carboxylic acids is 1. The van der Waals surface area contributed by atoms with Gasteiger partial charge in [-0.25, -0.2) is 4.68 Å². The second-order valence-corrected chi connectivity index (χ2v) is 7.04. The molecule has 31 heavy (non-hydrogen) atoms. The number of pyridine rings is 1. The number of aromatic amines is 1. The third kappa shape index (κ3) is 4.15. The Hall–Kier alpha value is -3.65. The molecule has 4 rings (SSSR count). The molecule has 0 aliphatic carbocycles. The lowest BCUT2D eigenvalue weighted by Gasteiger charge is -2.07. The van der Waals surface area contributed by atoms with Gasteiger partial charge >= 0.3 is 0 Å². The third-order valence-corrected chi connectivity index (χ3v) is 5.07. The second-order valence-electron chi connectivity index (χ2n) is 7.04. The van der Waals surface area contributed by atoms with E-state index in [1.54, 1.807) is 55.8 Å². The topological polar surface area (TPSA) is 98.2 Å². The standard InChI is InChI=1S/C23H24N4O4/c1-3-31-12-4-11-24-22(28)15-5-10-20-18(13-15)21-19(14-25-20)23(29)27(26-21)16-6-8-17(30-2)9-7-16/h5-10,13-14,26H,3-4,11-12H2,1-2H3,(H,24,28). The molecule has 0 fully saturated rings. The number of fused-ring (bicyclic) bond motifs is 3. The summed E-state index contributed by atoms with van der Waals surface area (Å²) in [6, 6.07) is 12.5. The van der Waals surface area contributed by atoms with Crippen molar-refractivity contribution in [2.45, 2.75) is 13.3 Å². The number of methoxy groups -OCH3 is 1. The van der Waals surface area contributed by atoms with E-state index in [9.17, 15) is 9.59 Å². The minimum Gasteiger partial charge on any atom is -0.497 e. The molecule has 0 saturated carbocycles. The molecule has 0 aliphatic rings. The summed E-state index contributed by atoms with van der Waals surface area (Å²) in [6.45, 7) is 3.74. The van der Waals surface area contributed by atoms with Gasteiger partial charge in [0.25, 0.3) is 11.5 Å². The normalized spacial score (nSPS) is 11.2. The maximum Gasteiger partial charge on any atom is 0.280 e. The van der Waals surface area contributed by atoms with Crippen molar-refractivity contribution in [3.63, 3.8) is 0 Å². The molecule has 8 nitrogen and oxygen atoms in total. The Morgan fingerprint density at radius 3 is 2.71 bits per heavy atom. The van der Waals surface area contributed by atoms with E-state index in [0.29, 0.717) is 58.6 Å². The van der Waals surface area contributed by atoms with Gasteiger partial charge in [0.15, 0.2) is 0 Å². The Morgan fingerprint density at radius 1 is 1.16 bits per heavy atom. The number of nitrogens with one attached hydrogen (secondary N) is 2. The maximum atomic E-state index is 12.9. The molecular formula is C23H24N4O4. The summed E-state index contributed by atoms with van der Waals surface area (Å²) in [5, 5.41) is 7.23. The van der Waals surface area contributed by atoms with Crippen molar-refractivity contribution in [1.29, 1.82) is 0 Å². The molecule has 0 unspecified atom stereocenters. The number of nitrogens with zero attached hydrogens (tertiary/aromatic N) is 2. The highest BCUT2D eigenvalue weighted by Crippen LogP contribution is 2.23. The van der Waals surface area contributed by atoms with Crippen molar-refractivity contribution >= 4 is 27.7 Å². The molecule has 0 bridgehead atoms. The molecule has 0 radical (unpaired) electrons. The second kappa shape index (κ2) is 9.01. The van der Waals surface area contributed by atoms with Crippen molar-refractivity contribution < 1.29 is 14.3 Å². The Labute approximate surface area is 178 Å². The average Bonchev–Trinajstić information content (AvgIpc) is 3.15. The van der Waals surface area contributed by atoms with Crippen LogP contribution in [0, 0.1) is 0 Å². The first-order chi connectivity index (χ1) is 15.1. The molecule has 2 heterocycles. The lowest BCUT2D eigenvalue weighted by atomic mass is 10.1. The van der Waals surface area contributed by atoms with Gasteiger partial charge < -0.3 is 14.8 Å². The van der Waals surface area contributed by atoms with Crippen LogP contribution in [0.1, 0.15) is 23.7 Å². The molecule has 2 N–H and O–H groups in total. The lowest BCUT2D eigenvalue weighted by Crippen LogP contribution is -2.25. The van der Waals surface area contributed by atoms with Crippen molar-refractivity contribution in [1.82, 2.24) is 20.1 Å². The number of amides is 1. The lowest BCUT2D eigenvalue weighted by molar-refractivity contribution is 0.0944. The van der Waals surface area contributed by atoms with Gasteiger partial charge in [-0.15, -0.1) is 0 Å². The van der Waals surface area contributed by atoms with Crippen LogP contribution in [0.2, 0.25) is 0 Å². The summed E-state index contributed by atoms with van der Waals surface area (Å²) < 4.78 is 11.9. The van der Waals surface area contributed by atoms with Crippen LogP contribution < -0.4 is 15.6 Å². The van der Waals surface area contributed by atoms with Crippen LogP contribution in [0.3, 0.4) is 0 Å². The molecule has 160 valence electrons. The van der Waals surface area contributed by atoms with Gasteiger partial charge in [-0.1, -0.05) is 0 Å². The SMILES string of the molecule is CCOCCCNC(=O)c1ccc2ncc3c(=O)n(-c4ccc(OC)cc4)[nH]c3c2c1. The highest BCUT2D eigenvalue weighted by atomic mass is 16.5. The van der Waals surface area contributed by atoms with E-state index in [0.717, 1.165) is 6.42 Å². The predicted octanol–water partition coefficient (Wildman–Crippen LogP) is 3.03. The van der Waals surface area contributed by atoms with Gasteiger partial charge in [0.1, 0.15) is 5.75 Å². The Bertz CT molecular complexity index is 1270. The van der Waals surface area contributed by atoms with Gasteiger partial charge in [0.05, 0.1) is 29.2 Å². The predicted molar refractivity (Wildman–Crippen MR) is 119 cm³/mol. The Morgan fingerprint density at radius 2 is 1.97 bits per heavy atom. The number of benzene rings is 2. The van der Waals surface area contributed by atoms with Gasteiger partial charge in [0, 0.05) is 36.9 Å². The van der Waals surface area contributed by atoms with E-state index in [2.05, 4.69) is 15.4 Å². The minimum atomic E-state index is -0.208. The summed E-state index contributed by atoms with van der Waals surface area (Å²) in [6.07, 6.45) is 2.31. The van der Waals surface area contributed by atoms with Gasteiger partial charge in [0.2, 0.25) is 0 Å². The molecule has 8 heteroatoms. The molecule has 2 aromatic carbocycles. The first-order valence-corrected chi connectivity index (χ1v) is 10.2. The van der Waals surface area contributed by atoms with Crippen molar-refractivity contribution in [2.75, 3.05) is 26.9 Å². The zero-order valence-corrected chi connectivity index (χ0v) is 17.5. The van der Waals surface area contributed by atoms with Crippen molar-refractivity contribution in [3.05, 3.63) is 64.6 Å². The molecule has 1 amide bonds. The molecule has 0 atom stereocenters. The van der Waals surface area contributed by atoms with Gasteiger partial charge in [-0.05, 0) is 55.8 Å². The van der Waals surface area contributed by atoms with Crippen LogP contribution in [0.15, 0.2) is 53.5 Å². The monoisotopic (exact) mass is 420 g/mol. The molecule has 2 aromatic heterocycles. The Kier molecular flexibility index (Phi) is 5.99. The fraction of sp³-hybridized carbons (Fsp3) is 0.261. The van der Waals surface area contributed by atoms with E-state index in [1.165, 1.54) is 4.68 Å². The number of hydrogen-bond donors (Lipinski definition) is 2. The van der Waals surface area contributed by atoms with E-state index in [4.69, 9.17) is 9.47 Å². The van der Waals surface area contributed by atoms with E-state index in [-0.39, 0.29) is 11.5 Å². The number of aromatic nitrogens is 3. The van der Waals surface area contributed by atoms with E-state index >= 15 is 0 Å². The van der Waals surface area contributed by atoms with Crippen LogP contribution in [0.25, 0.3) is 27.5 Å². The summed E-state index contributed by atoms with van der Waals surface area (Å²) in [5.41, 5.74) is 2.32. The Balaban J connectivity index is 1.68. The number of hydrogen-bond acceptors (Lipinski definition) is 5. The fourth-order valence-corrected chi connectivity index (χ4v) is 3.44. The molecule has 0 spiro atoms. The quantitative estimate of drug-likeness (QED) is 0.427. The summed E-state index contributed by atoms with van der Waals surface area (Å²) in [4.78, 5) is 29.9. The number of rotatable bonds is 8. The van der Waals surface area contributed by atoms with Gasteiger partial charge in [-0.2, -0.15) is 0 Å². The maximum absolute atomic E-state index is 12.9. The van der Waals surface area contributed by atoms with Crippen LogP contribution in [-0.2, 0) is 4.74 Å². The highest BCUT2D eigenvalue weighted by Gasteiger charge is 2.14. The fourth-order valence-electron chi connectivity index (χ4n) is 3.44. The zero-order chi connectivity index (χ0) is 21.8. The number of ether oxygens (including phenoxy) is 2. The summed E-state index contributed by atoms with van der Waals surface area (Å²) in [7, 11) is 1.59. The summed E-state index contributed by atoms with van der Waals surface area (Å²) >= 11 is 0. The van der Waals surface area contributed by atoms with Crippen molar-refractivity contribution in [2.24, 2.45) is 0 Å². The smallest absolute Gasteiger partial charge is 0.280 e. The van der Waals surface area contributed by atoms with Crippen LogP contribution >= 0.6 is 0 Å². The van der Waals surface area contributed by atoms with Crippen LogP contribution in [0.5, 0.6) is 5.75 Å². The minimum absolute atomic E-state index is 0.174. The molecular weight excluding hydrogens is 396 g/mol. The van der Waals surface area contributed by atoms with Crippen molar-refractivity contribution in [3.8, 4) is 11.4 Å². The zero-order valence-electron chi connectivity index (χ0n) is 17.5. The third-order valence-electron chi connectivity index (χ3n) is 5.07. The van der Waals surface area contributed by atoms with E-state index < -0.39 is 0 Å². The first-order valence-electron chi connectivity index (χ1n) is 10.2. The van der Waals surface area contributed by atoms with Gasteiger partial charge in [-0.3, -0.25) is 19.7 Å². The van der Waals surface area contributed by atoms with E-state index in [1.807, 2.05) is 6.92 Å². The van der Waals surface area contributed by atoms with Crippen LogP contribution in [-0.4, -0.2) is 47.5 Å².